The van der Waals surface area contributed by atoms with Crippen molar-refractivity contribution in [1.29, 1.82) is 0 Å². The molecule has 0 bridgehead atoms. The van der Waals surface area contributed by atoms with Crippen LogP contribution >= 0.6 is 0 Å². The van der Waals surface area contributed by atoms with Crippen LogP contribution in [0.2, 0.25) is 0 Å². The van der Waals surface area contributed by atoms with Crippen molar-refractivity contribution in [3.8, 4) is 5.75 Å². The lowest BCUT2D eigenvalue weighted by molar-refractivity contribution is -0.140. The molecule has 1 unspecified atom stereocenters. The number of carbonyl (C=O) groups is 2. The van der Waals surface area contributed by atoms with Crippen LogP contribution in [0.25, 0.3) is 16.5 Å². The van der Waals surface area contributed by atoms with Crippen LogP contribution in [-0.2, 0) is 16.1 Å². The van der Waals surface area contributed by atoms with E-state index in [9.17, 15) is 14.7 Å². The molecule has 1 amide bonds. The van der Waals surface area contributed by atoms with Gasteiger partial charge in [0.2, 0.25) is 0 Å². The summed E-state index contributed by atoms with van der Waals surface area (Å²) in [4.78, 5) is 28.0. The van der Waals surface area contributed by atoms with Gasteiger partial charge in [-0.05, 0) is 59.2 Å². The second-order valence-electron chi connectivity index (χ2n) is 8.26. The predicted octanol–water partition coefficient (Wildman–Crippen LogP) is 5.37. The Labute approximate surface area is 196 Å². The van der Waals surface area contributed by atoms with E-state index in [4.69, 9.17) is 9.15 Å². The van der Waals surface area contributed by atoms with Crippen LogP contribution in [0.3, 0.4) is 0 Å². The van der Waals surface area contributed by atoms with Crippen LogP contribution in [0.4, 0.5) is 0 Å². The minimum absolute atomic E-state index is 0.0532. The van der Waals surface area contributed by atoms with Crippen molar-refractivity contribution in [2.45, 2.75) is 19.5 Å². The maximum Gasteiger partial charge on any atom is 0.296 e. The number of carbonyl (C=O) groups excluding carboxylic acids is 2. The average Bonchev–Trinajstić information content (AvgIpc) is 3.45. The minimum atomic E-state index is -0.779. The predicted molar refractivity (Wildman–Crippen MR) is 128 cm³/mol. The number of hydrogen-bond donors (Lipinski definition) is 1. The molecule has 1 atom stereocenters. The summed E-state index contributed by atoms with van der Waals surface area (Å²) in [6, 6.07) is 21.4. The fraction of sp³-hybridized carbons (Fsp3) is 0.143. The summed E-state index contributed by atoms with van der Waals surface area (Å²) in [5.74, 6) is -0.409. The van der Waals surface area contributed by atoms with Gasteiger partial charge in [0, 0.05) is 5.56 Å². The fourth-order valence-corrected chi connectivity index (χ4v) is 4.61. The number of ketones is 1. The summed E-state index contributed by atoms with van der Waals surface area (Å²) in [6.07, 6.45) is 1.53. The molecule has 6 heteroatoms. The van der Waals surface area contributed by atoms with E-state index in [2.05, 4.69) is 0 Å². The number of amides is 1. The smallest absolute Gasteiger partial charge is 0.296 e. The van der Waals surface area contributed by atoms with Crippen molar-refractivity contribution in [2.24, 2.45) is 0 Å². The van der Waals surface area contributed by atoms with Crippen molar-refractivity contribution in [1.82, 2.24) is 4.90 Å². The number of benzene rings is 3. The molecule has 0 spiro atoms. The molecular weight excluding hydrogens is 430 g/mol. The molecule has 0 radical (unpaired) electrons. The van der Waals surface area contributed by atoms with E-state index >= 15 is 0 Å². The van der Waals surface area contributed by atoms with Crippen molar-refractivity contribution in [3.63, 3.8) is 0 Å². The Bertz CT molecular complexity index is 1430. The largest absolute Gasteiger partial charge is 0.507 e. The summed E-state index contributed by atoms with van der Waals surface area (Å²) in [6.45, 7) is 1.96. The molecule has 4 aromatic rings. The van der Waals surface area contributed by atoms with Crippen LogP contribution in [-0.4, -0.2) is 28.8 Å². The highest BCUT2D eigenvalue weighted by atomic mass is 16.5. The van der Waals surface area contributed by atoms with Gasteiger partial charge < -0.3 is 19.2 Å². The number of ether oxygens (including phenoxy) is 1. The molecule has 34 heavy (non-hydrogen) atoms. The molecular formula is C28H23NO5. The molecule has 1 aliphatic rings. The number of aliphatic hydroxyl groups is 1. The first-order valence-corrected chi connectivity index (χ1v) is 10.9. The van der Waals surface area contributed by atoms with Crippen LogP contribution < -0.4 is 4.74 Å². The Morgan fingerprint density at radius 1 is 1.03 bits per heavy atom. The average molecular weight is 453 g/mol. The Morgan fingerprint density at radius 3 is 2.56 bits per heavy atom. The second kappa shape index (κ2) is 8.56. The van der Waals surface area contributed by atoms with Crippen molar-refractivity contribution in [2.75, 3.05) is 7.11 Å². The van der Waals surface area contributed by atoms with Gasteiger partial charge >= 0.3 is 0 Å². The molecule has 2 heterocycles. The highest BCUT2D eigenvalue weighted by Gasteiger charge is 2.46. The first-order chi connectivity index (χ1) is 16.5. The standard InChI is InChI=1S/C28H23NO5/c1-17-15-19(12-13-23(17)33-2)26(30)24-25(22-11-5-8-18-7-3-4-10-21(18)22)29(28(32)27(24)31)16-20-9-6-14-34-20/h3-15,25,30H,16H2,1-2H3/b26-24-. The number of aliphatic hydroxyl groups excluding tert-OH is 1. The number of fused-ring (bicyclic) bond motifs is 1. The minimum Gasteiger partial charge on any atom is -0.507 e. The molecule has 1 aliphatic heterocycles. The summed E-state index contributed by atoms with van der Waals surface area (Å²) in [5.41, 5.74) is 2.06. The number of methoxy groups -OCH3 is 1. The Kier molecular flexibility index (Phi) is 5.42. The maximum atomic E-state index is 13.3. The molecule has 3 aromatic carbocycles. The zero-order valence-corrected chi connectivity index (χ0v) is 18.8. The molecule has 1 N–H and O–H groups in total. The van der Waals surface area contributed by atoms with Gasteiger partial charge in [-0.2, -0.15) is 0 Å². The zero-order valence-electron chi connectivity index (χ0n) is 18.8. The van der Waals surface area contributed by atoms with Crippen molar-refractivity contribution < 1.29 is 23.8 Å². The van der Waals surface area contributed by atoms with Gasteiger partial charge in [0.1, 0.15) is 17.3 Å². The van der Waals surface area contributed by atoms with Gasteiger partial charge in [-0.25, -0.2) is 0 Å². The first-order valence-electron chi connectivity index (χ1n) is 10.9. The second-order valence-corrected chi connectivity index (χ2v) is 8.26. The van der Waals surface area contributed by atoms with Gasteiger partial charge in [0.25, 0.3) is 11.7 Å². The van der Waals surface area contributed by atoms with E-state index in [1.165, 1.54) is 11.2 Å². The third kappa shape index (κ3) is 3.53. The number of aryl methyl sites for hydroxylation is 1. The number of hydrogen-bond acceptors (Lipinski definition) is 5. The number of rotatable bonds is 5. The van der Waals surface area contributed by atoms with Crippen LogP contribution in [0.5, 0.6) is 5.75 Å². The van der Waals surface area contributed by atoms with Crippen molar-refractivity contribution in [3.05, 3.63) is 107 Å². The van der Waals surface area contributed by atoms with E-state index in [0.717, 1.165) is 21.9 Å². The summed E-state index contributed by atoms with van der Waals surface area (Å²) < 4.78 is 10.8. The fourth-order valence-electron chi connectivity index (χ4n) is 4.61. The Balaban J connectivity index is 1.73. The van der Waals surface area contributed by atoms with Gasteiger partial charge in [0.05, 0.1) is 31.5 Å². The monoisotopic (exact) mass is 453 g/mol. The topological polar surface area (TPSA) is 80.0 Å². The molecule has 0 saturated carbocycles. The normalized spacial score (nSPS) is 17.5. The van der Waals surface area contributed by atoms with Gasteiger partial charge in [-0.1, -0.05) is 42.5 Å². The number of nitrogens with zero attached hydrogens (tertiary/aromatic N) is 1. The molecule has 1 fully saturated rings. The van der Waals surface area contributed by atoms with Crippen LogP contribution in [0, 0.1) is 6.92 Å². The van der Waals surface area contributed by atoms with Crippen LogP contribution in [0.1, 0.15) is 28.5 Å². The van der Waals surface area contributed by atoms with Crippen LogP contribution in [0.15, 0.2) is 89.0 Å². The van der Waals surface area contributed by atoms with Gasteiger partial charge in [-0.15, -0.1) is 0 Å². The number of likely N-dealkylation sites (tertiary alicyclic amines) is 1. The van der Waals surface area contributed by atoms with E-state index < -0.39 is 17.7 Å². The van der Waals surface area contributed by atoms with Crippen molar-refractivity contribution >= 4 is 28.2 Å². The molecule has 1 aromatic heterocycles. The number of Topliss-reactive ketones (excluding diaryl/α,β-unsaturated/α-hetero) is 1. The lowest BCUT2D eigenvalue weighted by Crippen LogP contribution is -2.29. The quantitative estimate of drug-likeness (QED) is 0.250. The molecule has 5 rings (SSSR count). The Morgan fingerprint density at radius 2 is 1.82 bits per heavy atom. The lowest BCUT2D eigenvalue weighted by Gasteiger charge is -2.25. The van der Waals surface area contributed by atoms with Gasteiger partial charge in [-0.3, -0.25) is 9.59 Å². The van der Waals surface area contributed by atoms with E-state index in [1.807, 2.05) is 49.4 Å². The maximum absolute atomic E-state index is 13.3. The van der Waals surface area contributed by atoms with E-state index in [-0.39, 0.29) is 17.9 Å². The summed E-state index contributed by atoms with van der Waals surface area (Å²) >= 11 is 0. The first kappa shape index (κ1) is 21.5. The lowest BCUT2D eigenvalue weighted by atomic mass is 9.91. The summed E-state index contributed by atoms with van der Waals surface area (Å²) in [5, 5.41) is 13.2. The zero-order chi connectivity index (χ0) is 23.8. The molecule has 170 valence electrons. The SMILES string of the molecule is COc1ccc(/C(O)=C2/C(=O)C(=O)N(Cc3ccco3)C2c2cccc3ccccc23)cc1C. The highest BCUT2D eigenvalue weighted by Crippen LogP contribution is 2.42. The van der Waals surface area contributed by atoms with E-state index in [0.29, 0.717) is 17.1 Å². The third-order valence-electron chi connectivity index (χ3n) is 6.23. The highest BCUT2D eigenvalue weighted by molar-refractivity contribution is 6.46. The third-order valence-corrected chi connectivity index (χ3v) is 6.23. The molecule has 1 saturated heterocycles. The molecule has 0 aliphatic carbocycles. The summed E-state index contributed by atoms with van der Waals surface area (Å²) in [7, 11) is 1.57. The van der Waals surface area contributed by atoms with E-state index in [1.54, 1.807) is 37.4 Å². The Hall–Kier alpha value is -4.32. The van der Waals surface area contributed by atoms with Gasteiger partial charge in [0.15, 0.2) is 0 Å². The molecule has 6 nitrogen and oxygen atoms in total. The number of furan rings is 1.